The molecule has 0 aliphatic carbocycles. The monoisotopic (exact) mass is 444 g/mol. The molecule has 3 aromatic carbocycles. The topological polar surface area (TPSA) is 83.1 Å². The van der Waals surface area contributed by atoms with Crippen LogP contribution in [0.25, 0.3) is 10.9 Å². The number of halogens is 1. The summed E-state index contributed by atoms with van der Waals surface area (Å²) in [6.07, 6.45) is 1.69. The standard InChI is InChI=1S/C25H21ClN4O2/c26-18-10-11-21-20(14-18)23(12-13-27-21)30-22-9-5-4-8-19(22)25(32)29-16-24(31)28-15-17-6-2-1-3-7-17/h1-14H,15-16H2,(H,27,30)(H,28,31)(H,29,32). The molecule has 0 saturated carbocycles. The largest absolute Gasteiger partial charge is 0.354 e. The molecule has 1 heterocycles. The van der Waals surface area contributed by atoms with Crippen molar-refractivity contribution >= 4 is 45.7 Å². The third-order valence-corrected chi connectivity index (χ3v) is 5.12. The highest BCUT2D eigenvalue weighted by Gasteiger charge is 2.13. The lowest BCUT2D eigenvalue weighted by atomic mass is 10.1. The second-order valence-electron chi connectivity index (χ2n) is 7.14. The third-order valence-electron chi connectivity index (χ3n) is 4.89. The van der Waals surface area contributed by atoms with E-state index < -0.39 is 0 Å². The average Bonchev–Trinajstić information content (AvgIpc) is 2.82. The lowest BCUT2D eigenvalue weighted by Crippen LogP contribution is -2.36. The van der Waals surface area contributed by atoms with Crippen molar-refractivity contribution in [2.45, 2.75) is 6.54 Å². The lowest BCUT2D eigenvalue weighted by molar-refractivity contribution is -0.120. The van der Waals surface area contributed by atoms with Gasteiger partial charge < -0.3 is 16.0 Å². The van der Waals surface area contributed by atoms with Crippen LogP contribution in [0.4, 0.5) is 11.4 Å². The Morgan fingerprint density at radius 1 is 0.844 bits per heavy atom. The van der Waals surface area contributed by atoms with Gasteiger partial charge in [-0.05, 0) is 42.0 Å². The number of para-hydroxylation sites is 1. The van der Waals surface area contributed by atoms with E-state index in [9.17, 15) is 9.59 Å². The summed E-state index contributed by atoms with van der Waals surface area (Å²) >= 11 is 6.15. The van der Waals surface area contributed by atoms with Gasteiger partial charge in [-0.25, -0.2) is 0 Å². The first kappa shape index (κ1) is 21.3. The molecule has 0 bridgehead atoms. The van der Waals surface area contributed by atoms with E-state index in [0.717, 1.165) is 22.2 Å². The molecule has 0 aliphatic rings. The number of carbonyl (C=O) groups is 2. The molecular weight excluding hydrogens is 424 g/mol. The Morgan fingerprint density at radius 2 is 1.62 bits per heavy atom. The molecule has 0 radical (unpaired) electrons. The summed E-state index contributed by atoms with van der Waals surface area (Å²) in [5.41, 5.74) is 3.60. The van der Waals surface area contributed by atoms with Crippen LogP contribution in [0.1, 0.15) is 15.9 Å². The van der Waals surface area contributed by atoms with E-state index in [2.05, 4.69) is 20.9 Å². The Kier molecular flexibility index (Phi) is 6.63. The van der Waals surface area contributed by atoms with Gasteiger partial charge >= 0.3 is 0 Å². The predicted molar refractivity (Wildman–Crippen MR) is 127 cm³/mol. The predicted octanol–water partition coefficient (Wildman–Crippen LogP) is 4.68. The number of benzene rings is 3. The molecule has 4 aromatic rings. The van der Waals surface area contributed by atoms with Gasteiger partial charge in [0.2, 0.25) is 5.91 Å². The van der Waals surface area contributed by atoms with E-state index in [1.54, 1.807) is 30.5 Å². The third kappa shape index (κ3) is 5.22. The maximum Gasteiger partial charge on any atom is 0.253 e. The number of nitrogens with zero attached hydrogens (tertiary/aromatic N) is 1. The highest BCUT2D eigenvalue weighted by molar-refractivity contribution is 6.31. The molecule has 7 heteroatoms. The zero-order valence-corrected chi connectivity index (χ0v) is 17.9. The average molecular weight is 445 g/mol. The minimum Gasteiger partial charge on any atom is -0.354 e. The molecule has 4 rings (SSSR count). The van der Waals surface area contributed by atoms with E-state index in [-0.39, 0.29) is 18.4 Å². The first-order chi connectivity index (χ1) is 15.6. The van der Waals surface area contributed by atoms with E-state index in [0.29, 0.717) is 22.8 Å². The maximum atomic E-state index is 12.8. The fourth-order valence-corrected chi connectivity index (χ4v) is 3.45. The van der Waals surface area contributed by atoms with Gasteiger partial charge in [-0.2, -0.15) is 0 Å². The molecule has 0 unspecified atom stereocenters. The smallest absolute Gasteiger partial charge is 0.253 e. The van der Waals surface area contributed by atoms with Gasteiger partial charge in [0.25, 0.3) is 5.91 Å². The molecule has 0 aliphatic heterocycles. The number of hydrogen-bond acceptors (Lipinski definition) is 4. The number of aromatic nitrogens is 1. The second kappa shape index (κ2) is 9.94. The second-order valence-corrected chi connectivity index (χ2v) is 7.57. The van der Waals surface area contributed by atoms with Crippen molar-refractivity contribution in [1.82, 2.24) is 15.6 Å². The highest BCUT2D eigenvalue weighted by Crippen LogP contribution is 2.28. The van der Waals surface area contributed by atoms with E-state index in [4.69, 9.17) is 11.6 Å². The van der Waals surface area contributed by atoms with Crippen LogP contribution in [0.3, 0.4) is 0 Å². The molecule has 2 amide bonds. The van der Waals surface area contributed by atoms with Crippen molar-refractivity contribution in [3.8, 4) is 0 Å². The van der Waals surface area contributed by atoms with Crippen molar-refractivity contribution in [2.24, 2.45) is 0 Å². The Balaban J connectivity index is 1.44. The van der Waals surface area contributed by atoms with Crippen LogP contribution in [0, 0.1) is 0 Å². The van der Waals surface area contributed by atoms with Crippen molar-refractivity contribution in [3.63, 3.8) is 0 Å². The maximum absolute atomic E-state index is 12.8. The van der Waals surface area contributed by atoms with Crippen molar-refractivity contribution < 1.29 is 9.59 Å². The SMILES string of the molecule is O=C(CNC(=O)c1ccccc1Nc1ccnc2ccc(Cl)cc12)NCc1ccccc1. The fraction of sp³-hybridized carbons (Fsp3) is 0.0800. The van der Waals surface area contributed by atoms with E-state index in [1.807, 2.05) is 54.6 Å². The van der Waals surface area contributed by atoms with Gasteiger partial charge in [-0.15, -0.1) is 0 Å². The lowest BCUT2D eigenvalue weighted by Gasteiger charge is -2.14. The number of pyridine rings is 1. The summed E-state index contributed by atoms with van der Waals surface area (Å²) in [6, 6.07) is 24.0. The molecule has 160 valence electrons. The number of anilines is 2. The van der Waals surface area contributed by atoms with Gasteiger partial charge in [0.05, 0.1) is 23.3 Å². The van der Waals surface area contributed by atoms with Crippen LogP contribution >= 0.6 is 11.6 Å². The van der Waals surface area contributed by atoms with Gasteiger partial charge in [-0.3, -0.25) is 14.6 Å². The first-order valence-corrected chi connectivity index (χ1v) is 10.5. The van der Waals surface area contributed by atoms with E-state index >= 15 is 0 Å². The Hall–Kier alpha value is -3.90. The van der Waals surface area contributed by atoms with Crippen LogP contribution in [0.2, 0.25) is 5.02 Å². The summed E-state index contributed by atoms with van der Waals surface area (Å²) in [5, 5.41) is 10.2. The van der Waals surface area contributed by atoms with Crippen molar-refractivity contribution in [2.75, 3.05) is 11.9 Å². The molecular formula is C25H21ClN4O2. The van der Waals surface area contributed by atoms with Crippen molar-refractivity contribution in [1.29, 1.82) is 0 Å². The first-order valence-electron chi connectivity index (χ1n) is 10.1. The fourth-order valence-electron chi connectivity index (χ4n) is 3.28. The van der Waals surface area contributed by atoms with Crippen molar-refractivity contribution in [3.05, 3.63) is 101 Å². The number of fused-ring (bicyclic) bond motifs is 1. The van der Waals surface area contributed by atoms with Crippen LogP contribution in [0.15, 0.2) is 85.1 Å². The van der Waals surface area contributed by atoms with Gasteiger partial charge in [0, 0.05) is 28.8 Å². The number of nitrogens with one attached hydrogen (secondary N) is 3. The minimum absolute atomic E-state index is 0.117. The zero-order valence-electron chi connectivity index (χ0n) is 17.1. The van der Waals surface area contributed by atoms with Crippen LogP contribution in [-0.2, 0) is 11.3 Å². The van der Waals surface area contributed by atoms with Crippen LogP contribution in [0.5, 0.6) is 0 Å². The molecule has 32 heavy (non-hydrogen) atoms. The minimum atomic E-state index is -0.348. The molecule has 0 spiro atoms. The van der Waals surface area contributed by atoms with Gasteiger partial charge in [0.15, 0.2) is 0 Å². The number of rotatable bonds is 7. The summed E-state index contributed by atoms with van der Waals surface area (Å²) in [7, 11) is 0. The molecule has 0 saturated heterocycles. The summed E-state index contributed by atoms with van der Waals surface area (Å²) in [5.74, 6) is -0.609. The molecule has 0 atom stereocenters. The summed E-state index contributed by atoms with van der Waals surface area (Å²) < 4.78 is 0. The Labute approximate surface area is 190 Å². The summed E-state index contributed by atoms with van der Waals surface area (Å²) in [6.45, 7) is 0.291. The number of carbonyl (C=O) groups excluding carboxylic acids is 2. The molecule has 1 aromatic heterocycles. The quantitative estimate of drug-likeness (QED) is 0.386. The van der Waals surface area contributed by atoms with Gasteiger partial charge in [-0.1, -0.05) is 54.1 Å². The Morgan fingerprint density at radius 3 is 2.47 bits per heavy atom. The molecule has 0 fully saturated rings. The molecule has 3 N–H and O–H groups in total. The van der Waals surface area contributed by atoms with Crippen LogP contribution in [-0.4, -0.2) is 23.3 Å². The highest BCUT2D eigenvalue weighted by atomic mass is 35.5. The molecule has 6 nitrogen and oxygen atoms in total. The number of hydrogen-bond donors (Lipinski definition) is 3. The Bertz CT molecular complexity index is 1260. The summed E-state index contributed by atoms with van der Waals surface area (Å²) in [4.78, 5) is 29.3. The number of amides is 2. The zero-order chi connectivity index (χ0) is 22.3. The normalized spacial score (nSPS) is 10.5. The van der Waals surface area contributed by atoms with Crippen LogP contribution < -0.4 is 16.0 Å². The van der Waals surface area contributed by atoms with Gasteiger partial charge in [0.1, 0.15) is 0 Å². The van der Waals surface area contributed by atoms with E-state index in [1.165, 1.54) is 0 Å².